The number of hydrogen-bond donors (Lipinski definition) is 2. The fraction of sp³-hybridized carbons (Fsp3) is 0.0909. The molecule has 0 aliphatic carbocycles. The first-order chi connectivity index (χ1) is 8.56. The lowest BCUT2D eigenvalue weighted by molar-refractivity contribution is 0.0696. The second kappa shape index (κ2) is 5.60. The van der Waals surface area contributed by atoms with E-state index in [-0.39, 0.29) is 5.01 Å². The maximum atomic E-state index is 10.7. The van der Waals surface area contributed by atoms with Crippen molar-refractivity contribution in [1.82, 2.24) is 4.98 Å². The molecular formula is C11H9ClN2O2S2. The molecule has 18 heavy (non-hydrogen) atoms. The van der Waals surface area contributed by atoms with E-state index in [0.29, 0.717) is 16.5 Å². The number of carboxylic acids is 1. The maximum absolute atomic E-state index is 10.7. The first-order valence-electron chi connectivity index (χ1n) is 4.92. The number of nitrogens with zero attached hydrogens (tertiary/aromatic N) is 1. The molecule has 1 aromatic heterocycles. The summed E-state index contributed by atoms with van der Waals surface area (Å²) in [4.78, 5) is 15.6. The lowest BCUT2D eigenvalue weighted by Gasteiger charge is -2.03. The molecule has 4 nitrogen and oxygen atoms in total. The number of halogens is 1. The van der Waals surface area contributed by atoms with Gasteiger partial charge in [-0.2, -0.15) is 0 Å². The van der Waals surface area contributed by atoms with Crippen LogP contribution in [0.25, 0.3) is 0 Å². The van der Waals surface area contributed by atoms with Gasteiger partial charge in [0.2, 0.25) is 5.01 Å². The van der Waals surface area contributed by atoms with Crippen molar-refractivity contribution in [3.8, 4) is 0 Å². The second-order valence-electron chi connectivity index (χ2n) is 3.43. The number of benzene rings is 1. The first kappa shape index (κ1) is 13.2. The van der Waals surface area contributed by atoms with Gasteiger partial charge in [0, 0.05) is 21.7 Å². The Hall–Kier alpha value is -1.24. The minimum absolute atomic E-state index is 0.101. The lowest BCUT2D eigenvalue weighted by Crippen LogP contribution is -1.95. The minimum atomic E-state index is -1.00. The van der Waals surface area contributed by atoms with Crippen LogP contribution in [0, 0.1) is 0 Å². The van der Waals surface area contributed by atoms with Gasteiger partial charge in [-0.3, -0.25) is 0 Å². The topological polar surface area (TPSA) is 76.2 Å². The van der Waals surface area contributed by atoms with Crippen LogP contribution in [-0.4, -0.2) is 16.1 Å². The molecule has 1 heterocycles. The Labute approximate surface area is 117 Å². The van der Waals surface area contributed by atoms with Crippen LogP contribution in [0.1, 0.15) is 15.5 Å². The molecule has 0 aliphatic heterocycles. The minimum Gasteiger partial charge on any atom is -0.476 e. The van der Waals surface area contributed by atoms with Gasteiger partial charge in [0.1, 0.15) is 0 Å². The summed E-state index contributed by atoms with van der Waals surface area (Å²) >= 11 is 8.63. The van der Waals surface area contributed by atoms with E-state index >= 15 is 0 Å². The SMILES string of the molecule is Nc1ccc(Cl)c(SCc2csc(C(=O)O)n2)c1. The standard InChI is InChI=1S/C11H9ClN2O2S2/c12-8-2-1-6(13)3-9(8)17-4-7-5-18-10(14-7)11(15)16/h1-3,5H,4,13H2,(H,15,16). The zero-order chi connectivity index (χ0) is 13.1. The fourth-order valence-electron chi connectivity index (χ4n) is 1.25. The molecule has 0 radical (unpaired) electrons. The van der Waals surface area contributed by atoms with E-state index in [1.807, 2.05) is 0 Å². The van der Waals surface area contributed by atoms with Crippen LogP contribution >= 0.6 is 34.7 Å². The summed E-state index contributed by atoms with van der Waals surface area (Å²) in [5.41, 5.74) is 7.04. The number of nitrogens with two attached hydrogens (primary N) is 1. The lowest BCUT2D eigenvalue weighted by atomic mass is 10.3. The zero-order valence-corrected chi connectivity index (χ0v) is 11.5. The highest BCUT2D eigenvalue weighted by molar-refractivity contribution is 7.98. The normalized spacial score (nSPS) is 10.5. The molecule has 0 unspecified atom stereocenters. The van der Waals surface area contributed by atoms with Gasteiger partial charge in [-0.25, -0.2) is 9.78 Å². The zero-order valence-electron chi connectivity index (χ0n) is 9.09. The van der Waals surface area contributed by atoms with Crippen molar-refractivity contribution in [2.75, 3.05) is 5.73 Å². The second-order valence-corrected chi connectivity index (χ2v) is 5.71. The van der Waals surface area contributed by atoms with Crippen molar-refractivity contribution in [2.24, 2.45) is 0 Å². The Morgan fingerprint density at radius 1 is 1.56 bits per heavy atom. The Morgan fingerprint density at radius 3 is 3.00 bits per heavy atom. The van der Waals surface area contributed by atoms with Gasteiger partial charge in [-0.15, -0.1) is 23.1 Å². The van der Waals surface area contributed by atoms with E-state index < -0.39 is 5.97 Å². The Morgan fingerprint density at radius 2 is 2.33 bits per heavy atom. The molecule has 0 amide bonds. The molecule has 0 fully saturated rings. The monoisotopic (exact) mass is 300 g/mol. The molecule has 1 aromatic carbocycles. The number of anilines is 1. The van der Waals surface area contributed by atoms with E-state index in [2.05, 4.69) is 4.98 Å². The summed E-state index contributed by atoms with van der Waals surface area (Å²) in [6.07, 6.45) is 0. The molecule has 3 N–H and O–H groups in total. The van der Waals surface area contributed by atoms with Crippen molar-refractivity contribution >= 4 is 46.4 Å². The van der Waals surface area contributed by atoms with Crippen LogP contribution in [0.15, 0.2) is 28.5 Å². The molecule has 0 saturated carbocycles. The molecule has 0 spiro atoms. The molecule has 2 rings (SSSR count). The van der Waals surface area contributed by atoms with E-state index in [1.54, 1.807) is 23.6 Å². The molecule has 2 aromatic rings. The average Bonchev–Trinajstić information content (AvgIpc) is 2.79. The van der Waals surface area contributed by atoms with Crippen LogP contribution in [0.3, 0.4) is 0 Å². The van der Waals surface area contributed by atoms with Gasteiger partial charge in [0.25, 0.3) is 0 Å². The summed E-state index contributed by atoms with van der Waals surface area (Å²) in [6.45, 7) is 0. The number of thioether (sulfide) groups is 1. The van der Waals surface area contributed by atoms with Gasteiger partial charge in [0.05, 0.1) is 10.7 Å². The molecule has 7 heteroatoms. The van der Waals surface area contributed by atoms with Gasteiger partial charge in [-0.1, -0.05) is 11.6 Å². The number of nitrogen functional groups attached to an aromatic ring is 1. The predicted molar refractivity (Wildman–Crippen MR) is 74.5 cm³/mol. The molecule has 0 saturated heterocycles. The van der Waals surface area contributed by atoms with E-state index in [1.165, 1.54) is 11.8 Å². The largest absolute Gasteiger partial charge is 0.476 e. The fourth-order valence-corrected chi connectivity index (χ4v) is 3.17. The van der Waals surface area contributed by atoms with Gasteiger partial charge in [-0.05, 0) is 18.2 Å². The number of rotatable bonds is 4. The van der Waals surface area contributed by atoms with Crippen molar-refractivity contribution in [1.29, 1.82) is 0 Å². The maximum Gasteiger partial charge on any atom is 0.365 e. The highest BCUT2D eigenvalue weighted by Crippen LogP contribution is 2.31. The van der Waals surface area contributed by atoms with Gasteiger partial charge in [0.15, 0.2) is 0 Å². The Bertz CT molecular complexity index is 586. The highest BCUT2D eigenvalue weighted by atomic mass is 35.5. The molecule has 0 atom stereocenters. The van der Waals surface area contributed by atoms with Crippen molar-refractivity contribution in [2.45, 2.75) is 10.6 Å². The number of aromatic carboxylic acids is 1. The Kier molecular flexibility index (Phi) is 4.11. The van der Waals surface area contributed by atoms with Crippen LogP contribution in [0.4, 0.5) is 5.69 Å². The van der Waals surface area contributed by atoms with Crippen LogP contribution in [0.5, 0.6) is 0 Å². The molecular weight excluding hydrogens is 292 g/mol. The number of hydrogen-bond acceptors (Lipinski definition) is 5. The highest BCUT2D eigenvalue weighted by Gasteiger charge is 2.10. The molecule has 0 bridgehead atoms. The summed E-state index contributed by atoms with van der Waals surface area (Å²) in [6, 6.07) is 5.26. The smallest absolute Gasteiger partial charge is 0.365 e. The van der Waals surface area contributed by atoms with Crippen molar-refractivity contribution < 1.29 is 9.90 Å². The van der Waals surface area contributed by atoms with E-state index in [9.17, 15) is 4.79 Å². The number of thiazole rings is 1. The Balaban J connectivity index is 2.06. The van der Waals surface area contributed by atoms with Gasteiger partial charge >= 0.3 is 5.97 Å². The third-order valence-electron chi connectivity index (χ3n) is 2.07. The third kappa shape index (κ3) is 3.16. The van der Waals surface area contributed by atoms with Crippen molar-refractivity contribution in [3.05, 3.63) is 39.3 Å². The van der Waals surface area contributed by atoms with Crippen LogP contribution < -0.4 is 5.73 Å². The molecule has 0 aliphatic rings. The average molecular weight is 301 g/mol. The summed E-state index contributed by atoms with van der Waals surface area (Å²) in [7, 11) is 0. The summed E-state index contributed by atoms with van der Waals surface area (Å²) in [5.74, 6) is -0.439. The van der Waals surface area contributed by atoms with Crippen LogP contribution in [-0.2, 0) is 5.75 Å². The van der Waals surface area contributed by atoms with Gasteiger partial charge < -0.3 is 10.8 Å². The first-order valence-corrected chi connectivity index (χ1v) is 7.16. The van der Waals surface area contributed by atoms with E-state index in [0.717, 1.165) is 21.9 Å². The van der Waals surface area contributed by atoms with Crippen LogP contribution in [0.2, 0.25) is 5.02 Å². The molecule has 94 valence electrons. The van der Waals surface area contributed by atoms with E-state index in [4.69, 9.17) is 22.4 Å². The summed E-state index contributed by atoms with van der Waals surface area (Å²) < 4.78 is 0. The number of aromatic nitrogens is 1. The van der Waals surface area contributed by atoms with Crippen molar-refractivity contribution in [3.63, 3.8) is 0 Å². The quantitative estimate of drug-likeness (QED) is 0.669. The predicted octanol–water partition coefficient (Wildman–Crippen LogP) is 3.37. The third-order valence-corrected chi connectivity index (χ3v) is 4.48. The number of carbonyl (C=O) groups is 1. The number of carboxylic acid groups (broad SMARTS) is 1. The summed E-state index contributed by atoms with van der Waals surface area (Å²) in [5, 5.41) is 11.2.